The van der Waals surface area contributed by atoms with E-state index in [4.69, 9.17) is 11.6 Å². The summed E-state index contributed by atoms with van der Waals surface area (Å²) in [5, 5.41) is 14.3. The summed E-state index contributed by atoms with van der Waals surface area (Å²) < 4.78 is 1.64. The summed E-state index contributed by atoms with van der Waals surface area (Å²) >= 11 is 6.45. The fraction of sp³-hybridized carbons (Fsp3) is 0.0870. The molecule has 0 aliphatic rings. The quantitative estimate of drug-likeness (QED) is 0.357. The van der Waals surface area contributed by atoms with Gasteiger partial charge < -0.3 is 5.32 Å². The molecule has 0 atom stereocenters. The monoisotopic (exact) mass is 417 g/mol. The number of aromatic nitrogens is 2. The molecule has 0 aliphatic heterocycles. The van der Waals surface area contributed by atoms with Crippen molar-refractivity contribution in [1.82, 2.24) is 15.2 Å². The van der Waals surface area contributed by atoms with Crippen LogP contribution < -0.4 is 10.7 Å². The first-order valence-electron chi connectivity index (χ1n) is 9.47. The Bertz CT molecular complexity index is 1220. The van der Waals surface area contributed by atoms with E-state index in [0.717, 1.165) is 27.8 Å². The molecule has 0 radical (unpaired) electrons. The lowest BCUT2D eigenvalue weighted by Gasteiger charge is -2.06. The Balaban J connectivity index is 1.37. The van der Waals surface area contributed by atoms with Gasteiger partial charge >= 0.3 is 0 Å². The van der Waals surface area contributed by atoms with E-state index in [-0.39, 0.29) is 12.5 Å². The number of halogens is 1. The number of carbonyl (C=O) groups excluding carboxylic acids is 1. The molecule has 7 heteroatoms. The van der Waals surface area contributed by atoms with Crippen LogP contribution in [0, 0.1) is 6.92 Å². The molecule has 2 N–H and O–H groups in total. The lowest BCUT2D eigenvalue weighted by Crippen LogP contribution is -2.25. The number of carbonyl (C=O) groups is 1. The van der Waals surface area contributed by atoms with Crippen molar-refractivity contribution in [2.24, 2.45) is 5.10 Å². The number of nitrogens with one attached hydrogen (secondary N) is 2. The maximum Gasteiger partial charge on any atom is 0.259 e. The first-order chi connectivity index (χ1) is 14.6. The summed E-state index contributed by atoms with van der Waals surface area (Å²) in [5.41, 5.74) is 5.62. The van der Waals surface area contributed by atoms with Crippen LogP contribution in [0.15, 0.2) is 77.9 Å². The molecule has 1 amide bonds. The molecule has 0 saturated heterocycles. The average molecular weight is 418 g/mol. The normalized spacial score (nSPS) is 11.1. The molecule has 150 valence electrons. The second kappa shape index (κ2) is 8.80. The topological polar surface area (TPSA) is 71.3 Å². The van der Waals surface area contributed by atoms with Crippen LogP contribution in [0.5, 0.6) is 0 Å². The van der Waals surface area contributed by atoms with Gasteiger partial charge in [0.1, 0.15) is 5.15 Å². The van der Waals surface area contributed by atoms with Crippen molar-refractivity contribution in [1.29, 1.82) is 0 Å². The fourth-order valence-electron chi connectivity index (χ4n) is 3.09. The minimum absolute atomic E-state index is 0.103. The third-order valence-corrected chi connectivity index (χ3v) is 5.00. The van der Waals surface area contributed by atoms with Gasteiger partial charge in [-0.15, -0.1) is 0 Å². The van der Waals surface area contributed by atoms with Crippen molar-refractivity contribution in [3.63, 3.8) is 0 Å². The number of hydrazone groups is 1. The van der Waals surface area contributed by atoms with Gasteiger partial charge in [-0.1, -0.05) is 60.1 Å². The number of anilines is 1. The van der Waals surface area contributed by atoms with Crippen LogP contribution in [0.1, 0.15) is 11.3 Å². The first kappa shape index (κ1) is 19.7. The Kier molecular flexibility index (Phi) is 5.77. The minimum Gasteiger partial charge on any atom is -0.376 e. The number of benzene rings is 3. The van der Waals surface area contributed by atoms with Gasteiger partial charge in [-0.2, -0.15) is 10.2 Å². The standard InChI is InChI=1S/C23H20ClN5O/c1-16-21(23(24)29(28-16)20-9-3-2-4-10-20)14-26-27-22(30)15-25-19-12-11-17-7-5-6-8-18(17)13-19/h2-14,25H,15H2,1H3,(H,27,30)/b26-14-. The van der Waals surface area contributed by atoms with E-state index in [1.54, 1.807) is 4.68 Å². The zero-order chi connectivity index (χ0) is 20.9. The molecule has 4 rings (SSSR count). The largest absolute Gasteiger partial charge is 0.376 e. The van der Waals surface area contributed by atoms with Crippen LogP contribution in [-0.4, -0.2) is 28.4 Å². The van der Waals surface area contributed by atoms with Gasteiger partial charge in [0.2, 0.25) is 0 Å². The number of nitrogens with zero attached hydrogens (tertiary/aromatic N) is 3. The molecule has 0 unspecified atom stereocenters. The van der Waals surface area contributed by atoms with Gasteiger partial charge in [0.05, 0.1) is 29.7 Å². The lowest BCUT2D eigenvalue weighted by molar-refractivity contribution is -0.119. The summed E-state index contributed by atoms with van der Waals surface area (Å²) in [6.45, 7) is 1.95. The van der Waals surface area contributed by atoms with Crippen LogP contribution in [0.2, 0.25) is 5.15 Å². The first-order valence-corrected chi connectivity index (χ1v) is 9.85. The molecule has 4 aromatic rings. The van der Waals surface area contributed by atoms with E-state index in [2.05, 4.69) is 20.9 Å². The van der Waals surface area contributed by atoms with Crippen LogP contribution in [0.3, 0.4) is 0 Å². The number of para-hydroxylation sites is 1. The molecule has 0 bridgehead atoms. The fourth-order valence-corrected chi connectivity index (χ4v) is 3.41. The second-order valence-corrected chi connectivity index (χ2v) is 7.10. The molecule has 6 nitrogen and oxygen atoms in total. The highest BCUT2D eigenvalue weighted by atomic mass is 35.5. The third kappa shape index (κ3) is 4.34. The second-order valence-electron chi connectivity index (χ2n) is 6.75. The van der Waals surface area contributed by atoms with E-state index < -0.39 is 0 Å². The van der Waals surface area contributed by atoms with Crippen LogP contribution in [0.4, 0.5) is 5.69 Å². The number of rotatable bonds is 6. The molecule has 3 aromatic carbocycles. The lowest BCUT2D eigenvalue weighted by atomic mass is 10.1. The van der Waals surface area contributed by atoms with Gasteiger partial charge in [0.25, 0.3) is 5.91 Å². The van der Waals surface area contributed by atoms with Gasteiger partial charge in [-0.3, -0.25) is 4.79 Å². The van der Waals surface area contributed by atoms with E-state index >= 15 is 0 Å². The van der Waals surface area contributed by atoms with Crippen molar-refractivity contribution in [2.45, 2.75) is 6.92 Å². The van der Waals surface area contributed by atoms with Gasteiger partial charge in [0, 0.05) is 5.69 Å². The number of amides is 1. The summed E-state index contributed by atoms with van der Waals surface area (Å²) in [7, 11) is 0. The van der Waals surface area contributed by atoms with Crippen LogP contribution in [0.25, 0.3) is 16.5 Å². The molecule has 0 fully saturated rings. The molecule has 1 aromatic heterocycles. The number of hydrogen-bond acceptors (Lipinski definition) is 4. The highest BCUT2D eigenvalue weighted by Crippen LogP contribution is 2.22. The predicted octanol–water partition coefficient (Wildman–Crippen LogP) is 4.55. The maximum atomic E-state index is 12.1. The van der Waals surface area contributed by atoms with Crippen molar-refractivity contribution in [3.05, 3.63) is 89.2 Å². The van der Waals surface area contributed by atoms with Crippen molar-refractivity contribution >= 4 is 40.2 Å². The van der Waals surface area contributed by atoms with Crippen molar-refractivity contribution < 1.29 is 4.79 Å². The molecule has 0 saturated carbocycles. The van der Waals surface area contributed by atoms with Crippen molar-refractivity contribution in [2.75, 3.05) is 11.9 Å². The molecular weight excluding hydrogens is 398 g/mol. The maximum absolute atomic E-state index is 12.1. The zero-order valence-corrected chi connectivity index (χ0v) is 17.1. The summed E-state index contributed by atoms with van der Waals surface area (Å²) in [6, 6.07) is 23.6. The Hall–Kier alpha value is -3.64. The minimum atomic E-state index is -0.261. The Morgan fingerprint density at radius 3 is 2.60 bits per heavy atom. The van der Waals surface area contributed by atoms with E-state index in [1.165, 1.54) is 6.21 Å². The number of aryl methyl sites for hydroxylation is 1. The Morgan fingerprint density at radius 2 is 1.80 bits per heavy atom. The Morgan fingerprint density at radius 1 is 1.07 bits per heavy atom. The van der Waals surface area contributed by atoms with Gasteiger partial charge in [-0.25, -0.2) is 10.1 Å². The molecule has 30 heavy (non-hydrogen) atoms. The average Bonchev–Trinajstić information content (AvgIpc) is 3.06. The van der Waals surface area contributed by atoms with Crippen molar-refractivity contribution in [3.8, 4) is 5.69 Å². The van der Waals surface area contributed by atoms with Gasteiger partial charge in [0.15, 0.2) is 0 Å². The molecule has 0 aliphatic carbocycles. The highest BCUT2D eigenvalue weighted by Gasteiger charge is 2.13. The van der Waals surface area contributed by atoms with E-state index in [1.807, 2.05) is 79.7 Å². The highest BCUT2D eigenvalue weighted by molar-refractivity contribution is 6.32. The van der Waals surface area contributed by atoms with Crippen LogP contribution >= 0.6 is 11.6 Å². The smallest absolute Gasteiger partial charge is 0.259 e. The summed E-state index contributed by atoms with van der Waals surface area (Å²) in [4.78, 5) is 12.1. The molecular formula is C23H20ClN5O. The number of fused-ring (bicyclic) bond motifs is 1. The Labute approximate surface area is 179 Å². The van der Waals surface area contributed by atoms with Gasteiger partial charge in [-0.05, 0) is 42.0 Å². The molecule has 0 spiro atoms. The number of hydrogen-bond donors (Lipinski definition) is 2. The molecule has 1 heterocycles. The predicted molar refractivity (Wildman–Crippen MR) is 121 cm³/mol. The SMILES string of the molecule is Cc1nn(-c2ccccc2)c(Cl)c1/C=N\NC(=O)CNc1ccc2ccccc2c1. The van der Waals surface area contributed by atoms with Crippen LogP contribution in [-0.2, 0) is 4.79 Å². The summed E-state index contributed by atoms with van der Waals surface area (Å²) in [6.07, 6.45) is 1.51. The third-order valence-electron chi connectivity index (χ3n) is 4.63. The zero-order valence-electron chi connectivity index (χ0n) is 16.3. The summed E-state index contributed by atoms with van der Waals surface area (Å²) in [5.74, 6) is -0.261. The van der Waals surface area contributed by atoms with E-state index in [9.17, 15) is 4.79 Å². The van der Waals surface area contributed by atoms with E-state index in [0.29, 0.717) is 10.7 Å².